The van der Waals surface area contributed by atoms with Gasteiger partial charge in [-0.05, 0) is 25.1 Å². The molecule has 1 unspecified atom stereocenters. The molecule has 1 aromatic heterocycles. The molecule has 5 nitrogen and oxygen atoms in total. The number of rotatable bonds is 1. The van der Waals surface area contributed by atoms with E-state index >= 15 is 0 Å². The number of aromatic nitrogens is 2. The van der Waals surface area contributed by atoms with Crippen LogP contribution in [0.25, 0.3) is 0 Å². The van der Waals surface area contributed by atoms with Crippen molar-refractivity contribution in [2.75, 3.05) is 5.73 Å². The summed E-state index contributed by atoms with van der Waals surface area (Å²) in [6.45, 7) is 2.13. The topological polar surface area (TPSA) is 82.2 Å². The monoisotopic (exact) mass is 293 g/mol. The Morgan fingerprint density at radius 1 is 1.40 bits per heavy atom. The molecule has 4 N–H and O–H groups in total. The molecule has 104 valence electrons. The SMILES string of the molecule is CC1(c2cc(N)ccc2F)Cn2ncc(Cl)c2C(N)=N1. The maximum Gasteiger partial charge on any atom is 0.146 e. The van der Waals surface area contributed by atoms with Crippen molar-refractivity contribution in [2.45, 2.75) is 19.0 Å². The summed E-state index contributed by atoms with van der Waals surface area (Å²) in [6.07, 6.45) is 1.50. The Hall–Kier alpha value is -2.08. The number of anilines is 1. The van der Waals surface area contributed by atoms with Gasteiger partial charge < -0.3 is 11.5 Å². The molecule has 0 saturated heterocycles. The number of amidine groups is 1. The van der Waals surface area contributed by atoms with Gasteiger partial charge in [-0.25, -0.2) is 4.39 Å². The van der Waals surface area contributed by atoms with Crippen LogP contribution in [0.15, 0.2) is 29.4 Å². The summed E-state index contributed by atoms with van der Waals surface area (Å²) >= 11 is 6.01. The molecule has 1 aromatic carbocycles. The summed E-state index contributed by atoms with van der Waals surface area (Å²) in [5, 5.41) is 4.58. The molecule has 0 saturated carbocycles. The predicted molar refractivity (Wildman–Crippen MR) is 76.1 cm³/mol. The van der Waals surface area contributed by atoms with Crippen molar-refractivity contribution in [3.8, 4) is 0 Å². The van der Waals surface area contributed by atoms with Gasteiger partial charge >= 0.3 is 0 Å². The number of benzene rings is 1. The number of aliphatic imine (C=N–C) groups is 1. The van der Waals surface area contributed by atoms with Crippen LogP contribution in [0.3, 0.4) is 0 Å². The van der Waals surface area contributed by atoms with Gasteiger partial charge in [-0.1, -0.05) is 11.6 Å². The molecule has 7 heteroatoms. The van der Waals surface area contributed by atoms with Gasteiger partial charge in [-0.15, -0.1) is 0 Å². The second kappa shape index (κ2) is 4.21. The molecule has 0 aliphatic carbocycles. The lowest BCUT2D eigenvalue weighted by Crippen LogP contribution is -2.38. The Labute approximate surface area is 120 Å². The number of halogens is 2. The minimum Gasteiger partial charge on any atom is -0.399 e. The number of nitrogens with two attached hydrogens (primary N) is 2. The van der Waals surface area contributed by atoms with Crippen molar-refractivity contribution in [3.05, 3.63) is 46.5 Å². The van der Waals surface area contributed by atoms with E-state index in [0.717, 1.165) is 0 Å². The minimum atomic E-state index is -0.869. The van der Waals surface area contributed by atoms with Crippen LogP contribution in [-0.2, 0) is 12.1 Å². The molecular weight excluding hydrogens is 281 g/mol. The third kappa shape index (κ3) is 1.84. The Balaban J connectivity index is 2.16. The largest absolute Gasteiger partial charge is 0.399 e. The van der Waals surface area contributed by atoms with Crippen molar-refractivity contribution in [1.82, 2.24) is 9.78 Å². The first-order valence-electron chi connectivity index (χ1n) is 6.03. The van der Waals surface area contributed by atoms with E-state index in [4.69, 9.17) is 23.1 Å². The highest BCUT2D eigenvalue weighted by Crippen LogP contribution is 2.35. The quantitative estimate of drug-likeness (QED) is 0.788. The molecule has 0 bridgehead atoms. The van der Waals surface area contributed by atoms with E-state index < -0.39 is 5.54 Å². The standard InChI is InChI=1S/C13H13ClFN5/c1-13(8-4-7(16)2-3-10(8)15)6-20-11(12(17)19-13)9(14)5-18-20/h2-5H,6,16H2,1H3,(H2,17,19). The van der Waals surface area contributed by atoms with Crippen molar-refractivity contribution in [1.29, 1.82) is 0 Å². The van der Waals surface area contributed by atoms with Gasteiger partial charge in [-0.2, -0.15) is 5.10 Å². The molecule has 0 amide bonds. The first-order valence-corrected chi connectivity index (χ1v) is 6.41. The Morgan fingerprint density at radius 3 is 2.90 bits per heavy atom. The van der Waals surface area contributed by atoms with Crippen LogP contribution in [0.5, 0.6) is 0 Å². The fraction of sp³-hybridized carbons (Fsp3) is 0.231. The first-order chi connectivity index (χ1) is 9.40. The van der Waals surface area contributed by atoms with Gasteiger partial charge in [0.1, 0.15) is 22.9 Å². The zero-order chi connectivity index (χ0) is 14.5. The molecule has 20 heavy (non-hydrogen) atoms. The number of hydrogen-bond acceptors (Lipinski definition) is 4. The van der Waals surface area contributed by atoms with Crippen LogP contribution in [0.2, 0.25) is 5.02 Å². The fourth-order valence-corrected chi connectivity index (χ4v) is 2.72. The fourth-order valence-electron chi connectivity index (χ4n) is 2.48. The molecule has 1 atom stereocenters. The molecule has 0 fully saturated rings. The number of fused-ring (bicyclic) bond motifs is 1. The lowest BCUT2D eigenvalue weighted by atomic mass is 9.90. The Bertz CT molecular complexity index is 724. The highest BCUT2D eigenvalue weighted by atomic mass is 35.5. The number of nitrogens with zero attached hydrogens (tertiary/aromatic N) is 3. The maximum absolute atomic E-state index is 14.1. The second-order valence-electron chi connectivity index (χ2n) is 5.01. The average molecular weight is 294 g/mol. The highest BCUT2D eigenvalue weighted by molar-refractivity contribution is 6.33. The molecule has 1 aliphatic heterocycles. The van der Waals surface area contributed by atoms with E-state index in [1.165, 1.54) is 18.3 Å². The summed E-state index contributed by atoms with van der Waals surface area (Å²) in [5.74, 6) is -0.136. The van der Waals surface area contributed by atoms with E-state index in [0.29, 0.717) is 28.5 Å². The third-order valence-electron chi connectivity index (χ3n) is 3.43. The van der Waals surface area contributed by atoms with Gasteiger partial charge in [0.05, 0.1) is 17.8 Å². The van der Waals surface area contributed by atoms with Gasteiger partial charge in [0, 0.05) is 11.3 Å². The Morgan fingerprint density at radius 2 is 2.15 bits per heavy atom. The molecule has 2 aromatic rings. The smallest absolute Gasteiger partial charge is 0.146 e. The minimum absolute atomic E-state index is 0.239. The lowest BCUT2D eigenvalue weighted by Gasteiger charge is -2.31. The van der Waals surface area contributed by atoms with Crippen LogP contribution in [0, 0.1) is 5.82 Å². The Kier molecular flexibility index (Phi) is 2.72. The van der Waals surface area contributed by atoms with E-state index in [-0.39, 0.29) is 11.7 Å². The van der Waals surface area contributed by atoms with E-state index in [9.17, 15) is 4.39 Å². The van der Waals surface area contributed by atoms with Crippen LogP contribution in [0.1, 0.15) is 18.2 Å². The average Bonchev–Trinajstić information content (AvgIpc) is 2.73. The van der Waals surface area contributed by atoms with Gasteiger partial charge in [-0.3, -0.25) is 9.67 Å². The zero-order valence-corrected chi connectivity index (χ0v) is 11.5. The summed E-state index contributed by atoms with van der Waals surface area (Å²) < 4.78 is 15.7. The zero-order valence-electron chi connectivity index (χ0n) is 10.8. The summed E-state index contributed by atoms with van der Waals surface area (Å²) in [5.41, 5.74) is 12.2. The van der Waals surface area contributed by atoms with Crippen molar-refractivity contribution in [3.63, 3.8) is 0 Å². The van der Waals surface area contributed by atoms with Gasteiger partial charge in [0.25, 0.3) is 0 Å². The van der Waals surface area contributed by atoms with Gasteiger partial charge in [0.15, 0.2) is 0 Å². The molecule has 0 radical (unpaired) electrons. The van der Waals surface area contributed by atoms with Crippen LogP contribution >= 0.6 is 11.6 Å². The van der Waals surface area contributed by atoms with Crippen molar-refractivity contribution < 1.29 is 4.39 Å². The van der Waals surface area contributed by atoms with Crippen LogP contribution < -0.4 is 11.5 Å². The molecule has 1 aliphatic rings. The lowest BCUT2D eigenvalue weighted by molar-refractivity contribution is 0.363. The summed E-state index contributed by atoms with van der Waals surface area (Å²) in [6, 6.07) is 4.41. The van der Waals surface area contributed by atoms with E-state index in [1.807, 2.05) is 0 Å². The second-order valence-corrected chi connectivity index (χ2v) is 5.42. The summed E-state index contributed by atoms with van der Waals surface area (Å²) in [4.78, 5) is 4.41. The van der Waals surface area contributed by atoms with Crippen molar-refractivity contribution >= 4 is 23.1 Å². The number of nitrogen functional groups attached to an aromatic ring is 1. The van der Waals surface area contributed by atoms with Crippen molar-refractivity contribution in [2.24, 2.45) is 10.7 Å². The third-order valence-corrected chi connectivity index (χ3v) is 3.71. The maximum atomic E-state index is 14.1. The number of hydrogen-bond donors (Lipinski definition) is 2. The first kappa shape index (κ1) is 12.9. The van der Waals surface area contributed by atoms with Gasteiger partial charge in [0.2, 0.25) is 0 Å². The van der Waals surface area contributed by atoms with Crippen LogP contribution in [0.4, 0.5) is 10.1 Å². The van der Waals surface area contributed by atoms with Crippen LogP contribution in [-0.4, -0.2) is 15.6 Å². The predicted octanol–water partition coefficient (Wildman–Crippen LogP) is 1.89. The normalized spacial score (nSPS) is 21.4. The molecular formula is C13H13ClFN5. The van der Waals surface area contributed by atoms with E-state index in [2.05, 4.69) is 10.1 Å². The molecule has 2 heterocycles. The summed E-state index contributed by atoms with van der Waals surface area (Å²) in [7, 11) is 0. The molecule has 3 rings (SSSR count). The highest BCUT2D eigenvalue weighted by Gasteiger charge is 2.36. The van der Waals surface area contributed by atoms with E-state index in [1.54, 1.807) is 17.7 Å². The molecule has 0 spiro atoms.